The van der Waals surface area contributed by atoms with E-state index in [1.54, 1.807) is 6.20 Å². The lowest BCUT2D eigenvalue weighted by Gasteiger charge is -2.11. The number of benzene rings is 1. The molecule has 1 aromatic heterocycles. The van der Waals surface area contributed by atoms with Crippen molar-refractivity contribution in [3.05, 3.63) is 54.1 Å². The number of hydrogen-bond acceptors (Lipinski definition) is 3. The first kappa shape index (κ1) is 18.0. The monoisotopic (exact) mass is 329 g/mol. The zero-order valence-corrected chi connectivity index (χ0v) is 14.5. The van der Waals surface area contributed by atoms with E-state index in [2.05, 4.69) is 56.4 Å². The average molecular weight is 329 g/mol. The van der Waals surface area contributed by atoms with Gasteiger partial charge in [0, 0.05) is 38.6 Å². The number of nitrogens with one attached hydrogen (secondary N) is 2. The number of guanidine groups is 1. The Morgan fingerprint density at radius 3 is 2.62 bits per heavy atom. The van der Waals surface area contributed by atoms with Crippen LogP contribution >= 0.6 is 0 Å². The zero-order chi connectivity index (χ0) is 17.0. The van der Waals surface area contributed by atoms with Crippen molar-refractivity contribution in [3.8, 4) is 0 Å². The molecule has 130 valence electrons. The highest BCUT2D eigenvalue weighted by atomic mass is 16.5. The standard InChI is InChI=1S/C18H27N5O/c1-3-20-18(21-10-12-24-4-2)22-13-16-5-7-17(8-6-16)14-23-11-9-19-15-23/h5-9,11,15H,3-4,10,12-14H2,1-2H3,(H2,20,21,22). The highest BCUT2D eigenvalue weighted by Crippen LogP contribution is 2.07. The van der Waals surface area contributed by atoms with Crippen LogP contribution in [0.1, 0.15) is 25.0 Å². The van der Waals surface area contributed by atoms with Crippen molar-refractivity contribution in [2.75, 3.05) is 26.3 Å². The SMILES string of the molecule is CCNC(=NCc1ccc(Cn2ccnc2)cc1)NCCOCC. The molecule has 0 aliphatic heterocycles. The lowest BCUT2D eigenvalue weighted by Crippen LogP contribution is -2.39. The van der Waals surface area contributed by atoms with E-state index in [1.807, 2.05) is 19.4 Å². The van der Waals surface area contributed by atoms with Crippen molar-refractivity contribution in [1.29, 1.82) is 0 Å². The molecule has 0 spiro atoms. The average Bonchev–Trinajstić information content (AvgIpc) is 3.11. The van der Waals surface area contributed by atoms with Crippen molar-refractivity contribution in [2.24, 2.45) is 4.99 Å². The van der Waals surface area contributed by atoms with Crippen LogP contribution in [-0.4, -0.2) is 41.8 Å². The Hall–Kier alpha value is -2.34. The second-order valence-corrected chi connectivity index (χ2v) is 5.37. The third-order valence-electron chi connectivity index (χ3n) is 3.45. The van der Waals surface area contributed by atoms with Gasteiger partial charge in [-0.2, -0.15) is 0 Å². The van der Waals surface area contributed by atoms with Crippen LogP contribution in [0.15, 0.2) is 48.0 Å². The molecule has 6 heteroatoms. The summed E-state index contributed by atoms with van der Waals surface area (Å²) in [5.74, 6) is 0.819. The molecule has 2 N–H and O–H groups in total. The molecule has 0 amide bonds. The first-order chi connectivity index (χ1) is 11.8. The van der Waals surface area contributed by atoms with Gasteiger partial charge in [-0.3, -0.25) is 0 Å². The molecule has 0 saturated heterocycles. The molecule has 2 rings (SSSR count). The van der Waals surface area contributed by atoms with Gasteiger partial charge in [0.25, 0.3) is 0 Å². The Morgan fingerprint density at radius 2 is 1.96 bits per heavy atom. The fourth-order valence-corrected chi connectivity index (χ4v) is 2.24. The van der Waals surface area contributed by atoms with Gasteiger partial charge >= 0.3 is 0 Å². The van der Waals surface area contributed by atoms with Gasteiger partial charge in [-0.25, -0.2) is 9.98 Å². The summed E-state index contributed by atoms with van der Waals surface area (Å²) in [5.41, 5.74) is 2.44. The number of aromatic nitrogens is 2. The van der Waals surface area contributed by atoms with Crippen LogP contribution in [0.2, 0.25) is 0 Å². The lowest BCUT2D eigenvalue weighted by atomic mass is 10.1. The zero-order valence-electron chi connectivity index (χ0n) is 14.5. The van der Waals surface area contributed by atoms with E-state index in [9.17, 15) is 0 Å². The maximum Gasteiger partial charge on any atom is 0.191 e. The van der Waals surface area contributed by atoms with Crippen LogP contribution < -0.4 is 10.6 Å². The second-order valence-electron chi connectivity index (χ2n) is 5.37. The first-order valence-electron chi connectivity index (χ1n) is 8.45. The van der Waals surface area contributed by atoms with E-state index >= 15 is 0 Å². The Morgan fingerprint density at radius 1 is 1.17 bits per heavy atom. The minimum Gasteiger partial charge on any atom is -0.380 e. The molecule has 0 saturated carbocycles. The van der Waals surface area contributed by atoms with Crippen molar-refractivity contribution < 1.29 is 4.74 Å². The van der Waals surface area contributed by atoms with Gasteiger partial charge in [-0.15, -0.1) is 0 Å². The van der Waals surface area contributed by atoms with Crippen LogP contribution in [0.4, 0.5) is 0 Å². The predicted octanol–water partition coefficient (Wildman–Crippen LogP) is 2.02. The molecule has 24 heavy (non-hydrogen) atoms. The highest BCUT2D eigenvalue weighted by Gasteiger charge is 1.99. The summed E-state index contributed by atoms with van der Waals surface area (Å²) in [6, 6.07) is 8.53. The van der Waals surface area contributed by atoms with Gasteiger partial charge in [0.15, 0.2) is 5.96 Å². The third-order valence-corrected chi connectivity index (χ3v) is 3.45. The minimum absolute atomic E-state index is 0.648. The van der Waals surface area contributed by atoms with Crippen molar-refractivity contribution in [2.45, 2.75) is 26.9 Å². The summed E-state index contributed by atoms with van der Waals surface area (Å²) in [4.78, 5) is 8.67. The Labute approximate surface area is 144 Å². The summed E-state index contributed by atoms with van der Waals surface area (Å²) in [5, 5.41) is 6.51. The molecular formula is C18H27N5O. The first-order valence-corrected chi connectivity index (χ1v) is 8.45. The molecule has 2 aromatic rings. The van der Waals surface area contributed by atoms with E-state index in [0.717, 1.165) is 32.2 Å². The Balaban J connectivity index is 1.85. The molecule has 1 aromatic carbocycles. The molecule has 0 unspecified atom stereocenters. The molecule has 0 atom stereocenters. The summed E-state index contributed by atoms with van der Waals surface area (Å²) in [6.45, 7) is 8.55. The molecule has 0 aliphatic carbocycles. The lowest BCUT2D eigenvalue weighted by molar-refractivity contribution is 0.152. The molecule has 0 aliphatic rings. The largest absolute Gasteiger partial charge is 0.380 e. The molecule has 1 heterocycles. The minimum atomic E-state index is 0.648. The summed E-state index contributed by atoms with van der Waals surface area (Å²) in [6.07, 6.45) is 5.59. The normalized spacial score (nSPS) is 11.5. The number of ether oxygens (including phenoxy) is 1. The molecule has 0 bridgehead atoms. The number of imidazole rings is 1. The van der Waals surface area contributed by atoms with Crippen LogP contribution in [0.3, 0.4) is 0 Å². The number of rotatable bonds is 9. The van der Waals surface area contributed by atoms with Gasteiger partial charge < -0.3 is 19.9 Å². The molecule has 6 nitrogen and oxygen atoms in total. The fourth-order valence-electron chi connectivity index (χ4n) is 2.24. The van der Waals surface area contributed by atoms with E-state index in [0.29, 0.717) is 13.2 Å². The maximum atomic E-state index is 5.33. The van der Waals surface area contributed by atoms with Crippen LogP contribution in [-0.2, 0) is 17.8 Å². The van der Waals surface area contributed by atoms with Crippen molar-refractivity contribution in [3.63, 3.8) is 0 Å². The Kier molecular flexibility index (Phi) is 7.83. The quantitative estimate of drug-likeness (QED) is 0.420. The van der Waals surface area contributed by atoms with Crippen LogP contribution in [0.25, 0.3) is 0 Å². The van der Waals surface area contributed by atoms with Gasteiger partial charge in [-0.05, 0) is 25.0 Å². The number of aliphatic imine (C=N–C) groups is 1. The van der Waals surface area contributed by atoms with Crippen LogP contribution in [0.5, 0.6) is 0 Å². The third kappa shape index (κ3) is 6.42. The van der Waals surface area contributed by atoms with Gasteiger partial charge in [0.05, 0.1) is 19.5 Å². The van der Waals surface area contributed by atoms with E-state index in [-0.39, 0.29) is 0 Å². The number of nitrogens with zero attached hydrogens (tertiary/aromatic N) is 3. The van der Waals surface area contributed by atoms with E-state index in [4.69, 9.17) is 4.74 Å². The molecule has 0 fully saturated rings. The summed E-state index contributed by atoms with van der Waals surface area (Å²) in [7, 11) is 0. The summed E-state index contributed by atoms with van der Waals surface area (Å²) >= 11 is 0. The van der Waals surface area contributed by atoms with Gasteiger partial charge in [-0.1, -0.05) is 24.3 Å². The topological polar surface area (TPSA) is 63.5 Å². The maximum absolute atomic E-state index is 5.33. The number of hydrogen-bond donors (Lipinski definition) is 2. The second kappa shape index (κ2) is 10.4. The molecular weight excluding hydrogens is 302 g/mol. The predicted molar refractivity (Wildman–Crippen MR) is 97.1 cm³/mol. The highest BCUT2D eigenvalue weighted by molar-refractivity contribution is 5.79. The van der Waals surface area contributed by atoms with E-state index in [1.165, 1.54) is 11.1 Å². The van der Waals surface area contributed by atoms with Gasteiger partial charge in [0.2, 0.25) is 0 Å². The van der Waals surface area contributed by atoms with Gasteiger partial charge in [0.1, 0.15) is 0 Å². The fraction of sp³-hybridized carbons (Fsp3) is 0.444. The van der Waals surface area contributed by atoms with Crippen LogP contribution in [0, 0.1) is 0 Å². The smallest absolute Gasteiger partial charge is 0.191 e. The van der Waals surface area contributed by atoms with Crippen molar-refractivity contribution in [1.82, 2.24) is 20.2 Å². The van der Waals surface area contributed by atoms with Crippen molar-refractivity contribution >= 4 is 5.96 Å². The summed E-state index contributed by atoms with van der Waals surface area (Å²) < 4.78 is 7.38. The Bertz CT molecular complexity index is 592. The van der Waals surface area contributed by atoms with E-state index < -0.39 is 0 Å². The molecule has 0 radical (unpaired) electrons.